The molecular formula is C18H19NS. The summed E-state index contributed by atoms with van der Waals surface area (Å²) in [6.07, 6.45) is 1.96. The maximum Gasteiger partial charge on any atom is 0.0589 e. The van der Waals surface area contributed by atoms with Gasteiger partial charge in [-0.15, -0.1) is 6.58 Å². The molecule has 0 saturated heterocycles. The average Bonchev–Trinajstić information content (AvgIpc) is 2.82. The lowest BCUT2D eigenvalue weighted by Gasteiger charge is -2.15. The molecule has 0 radical (unpaired) electrons. The van der Waals surface area contributed by atoms with Crippen molar-refractivity contribution in [2.24, 2.45) is 0 Å². The lowest BCUT2D eigenvalue weighted by atomic mass is 10.1. The fourth-order valence-corrected chi connectivity index (χ4v) is 3.41. The Morgan fingerprint density at radius 1 is 1.00 bits per heavy atom. The molecule has 0 fully saturated rings. The van der Waals surface area contributed by atoms with Crippen molar-refractivity contribution < 1.29 is 0 Å². The van der Waals surface area contributed by atoms with Crippen LogP contribution < -0.4 is 5.32 Å². The molecule has 0 saturated carbocycles. The van der Waals surface area contributed by atoms with Crippen LogP contribution >= 0.6 is 11.8 Å². The molecule has 0 aromatic heterocycles. The van der Waals surface area contributed by atoms with Gasteiger partial charge in [-0.3, -0.25) is 0 Å². The molecule has 102 valence electrons. The predicted octanol–water partition coefficient (Wildman–Crippen LogP) is 4.27. The van der Waals surface area contributed by atoms with E-state index < -0.39 is 0 Å². The van der Waals surface area contributed by atoms with E-state index in [0.717, 1.165) is 18.1 Å². The summed E-state index contributed by atoms with van der Waals surface area (Å²) in [4.78, 5) is 0. The van der Waals surface area contributed by atoms with E-state index in [1.54, 1.807) is 0 Å². The average molecular weight is 281 g/mol. The van der Waals surface area contributed by atoms with Crippen molar-refractivity contribution in [1.29, 1.82) is 0 Å². The van der Waals surface area contributed by atoms with Crippen LogP contribution in [0.25, 0.3) is 11.1 Å². The number of thioether (sulfide) groups is 1. The molecule has 0 amide bonds. The summed E-state index contributed by atoms with van der Waals surface area (Å²) >= 11 is 1.92. The fraction of sp³-hybridized carbons (Fsp3) is 0.222. The van der Waals surface area contributed by atoms with E-state index in [1.807, 2.05) is 17.8 Å². The van der Waals surface area contributed by atoms with Gasteiger partial charge in [0.2, 0.25) is 0 Å². The number of hydrogen-bond donors (Lipinski definition) is 1. The Kier molecular flexibility index (Phi) is 4.24. The topological polar surface area (TPSA) is 12.0 Å². The van der Waals surface area contributed by atoms with Crippen molar-refractivity contribution in [3.8, 4) is 11.1 Å². The first-order valence-electron chi connectivity index (χ1n) is 7.02. The van der Waals surface area contributed by atoms with Crippen LogP contribution in [0.3, 0.4) is 0 Å². The smallest absolute Gasteiger partial charge is 0.0589 e. The van der Waals surface area contributed by atoms with Gasteiger partial charge in [-0.05, 0) is 22.3 Å². The zero-order chi connectivity index (χ0) is 13.8. The lowest BCUT2D eigenvalue weighted by Crippen LogP contribution is -2.23. The fourth-order valence-electron chi connectivity index (χ4n) is 2.82. The molecule has 0 heterocycles. The Labute approximate surface area is 125 Å². The Morgan fingerprint density at radius 2 is 1.60 bits per heavy atom. The molecule has 1 aliphatic carbocycles. The molecule has 2 aromatic carbocycles. The predicted molar refractivity (Wildman–Crippen MR) is 89.2 cm³/mol. The van der Waals surface area contributed by atoms with Gasteiger partial charge < -0.3 is 5.32 Å². The second-order valence-corrected chi connectivity index (χ2v) is 6.08. The molecule has 0 unspecified atom stereocenters. The van der Waals surface area contributed by atoms with Crippen LogP contribution in [0.4, 0.5) is 0 Å². The number of fused-ring (bicyclic) bond motifs is 3. The third-order valence-corrected chi connectivity index (χ3v) is 4.63. The number of rotatable bonds is 6. The lowest BCUT2D eigenvalue weighted by molar-refractivity contribution is 0.646. The van der Waals surface area contributed by atoms with Gasteiger partial charge in [0.05, 0.1) is 6.04 Å². The van der Waals surface area contributed by atoms with Gasteiger partial charge in [0, 0.05) is 18.1 Å². The summed E-state index contributed by atoms with van der Waals surface area (Å²) in [5.41, 5.74) is 5.56. The normalized spacial score (nSPS) is 13.0. The van der Waals surface area contributed by atoms with Crippen LogP contribution in [-0.4, -0.2) is 18.1 Å². The van der Waals surface area contributed by atoms with Crippen molar-refractivity contribution in [2.75, 3.05) is 18.1 Å². The summed E-state index contributed by atoms with van der Waals surface area (Å²) in [6.45, 7) is 4.77. The van der Waals surface area contributed by atoms with Crippen LogP contribution in [-0.2, 0) is 0 Å². The molecule has 3 rings (SSSR count). The van der Waals surface area contributed by atoms with Gasteiger partial charge in [0.15, 0.2) is 0 Å². The SMILES string of the molecule is C=CCSCCNC1c2ccccc2-c2ccccc21. The minimum atomic E-state index is 0.340. The van der Waals surface area contributed by atoms with E-state index >= 15 is 0 Å². The van der Waals surface area contributed by atoms with Crippen LogP contribution in [0.2, 0.25) is 0 Å². The zero-order valence-corrected chi connectivity index (χ0v) is 12.3. The second-order valence-electron chi connectivity index (χ2n) is 4.93. The van der Waals surface area contributed by atoms with Crippen molar-refractivity contribution in [3.05, 3.63) is 72.3 Å². The van der Waals surface area contributed by atoms with E-state index in [-0.39, 0.29) is 0 Å². The molecule has 1 aliphatic rings. The highest BCUT2D eigenvalue weighted by Crippen LogP contribution is 2.42. The molecular weight excluding hydrogens is 262 g/mol. The number of hydrogen-bond acceptors (Lipinski definition) is 2. The molecule has 0 bridgehead atoms. The minimum absolute atomic E-state index is 0.340. The zero-order valence-electron chi connectivity index (χ0n) is 11.5. The van der Waals surface area contributed by atoms with Gasteiger partial charge >= 0.3 is 0 Å². The summed E-state index contributed by atoms with van der Waals surface area (Å²) in [5, 5.41) is 3.70. The highest BCUT2D eigenvalue weighted by atomic mass is 32.2. The largest absolute Gasteiger partial charge is 0.305 e. The summed E-state index contributed by atoms with van der Waals surface area (Å²) in [6, 6.07) is 17.8. The monoisotopic (exact) mass is 281 g/mol. The van der Waals surface area contributed by atoms with E-state index in [2.05, 4.69) is 60.4 Å². The van der Waals surface area contributed by atoms with Gasteiger partial charge in [0.1, 0.15) is 0 Å². The molecule has 0 aliphatic heterocycles. The molecule has 2 heteroatoms. The first-order chi connectivity index (χ1) is 9.92. The second kappa shape index (κ2) is 6.29. The minimum Gasteiger partial charge on any atom is -0.305 e. The first kappa shape index (κ1) is 13.5. The van der Waals surface area contributed by atoms with Gasteiger partial charge in [-0.1, -0.05) is 54.6 Å². The standard InChI is InChI=1S/C18H19NS/c1-2-12-20-13-11-19-18-16-9-5-3-7-14(16)15-8-4-6-10-17(15)18/h2-10,18-19H,1,11-13H2. The van der Waals surface area contributed by atoms with E-state index in [0.29, 0.717) is 6.04 Å². The van der Waals surface area contributed by atoms with Crippen molar-refractivity contribution >= 4 is 11.8 Å². The Morgan fingerprint density at radius 3 is 2.20 bits per heavy atom. The maximum atomic E-state index is 3.75. The summed E-state index contributed by atoms with van der Waals surface area (Å²) in [5.74, 6) is 2.15. The quantitative estimate of drug-likeness (QED) is 0.627. The highest BCUT2D eigenvalue weighted by molar-refractivity contribution is 7.99. The van der Waals surface area contributed by atoms with Crippen LogP contribution in [0.15, 0.2) is 61.2 Å². The first-order valence-corrected chi connectivity index (χ1v) is 8.17. The third kappa shape index (κ3) is 2.54. The number of nitrogens with one attached hydrogen (secondary N) is 1. The van der Waals surface area contributed by atoms with Crippen molar-refractivity contribution in [2.45, 2.75) is 6.04 Å². The number of benzene rings is 2. The van der Waals surface area contributed by atoms with Gasteiger partial charge in [0.25, 0.3) is 0 Å². The highest BCUT2D eigenvalue weighted by Gasteiger charge is 2.26. The summed E-state index contributed by atoms with van der Waals surface area (Å²) < 4.78 is 0. The Hall–Kier alpha value is -1.51. The molecule has 1 N–H and O–H groups in total. The molecule has 0 atom stereocenters. The molecule has 0 spiro atoms. The molecule has 20 heavy (non-hydrogen) atoms. The van der Waals surface area contributed by atoms with Crippen molar-refractivity contribution in [3.63, 3.8) is 0 Å². The maximum absolute atomic E-state index is 3.75. The van der Waals surface area contributed by atoms with Gasteiger partial charge in [-0.2, -0.15) is 11.8 Å². The van der Waals surface area contributed by atoms with E-state index in [4.69, 9.17) is 0 Å². The van der Waals surface area contributed by atoms with Crippen LogP contribution in [0.1, 0.15) is 17.2 Å². The van der Waals surface area contributed by atoms with E-state index in [1.165, 1.54) is 22.3 Å². The summed E-state index contributed by atoms with van der Waals surface area (Å²) in [7, 11) is 0. The van der Waals surface area contributed by atoms with Gasteiger partial charge in [-0.25, -0.2) is 0 Å². The third-order valence-electron chi connectivity index (χ3n) is 3.66. The molecule has 1 nitrogen and oxygen atoms in total. The molecule has 2 aromatic rings. The van der Waals surface area contributed by atoms with E-state index in [9.17, 15) is 0 Å². The van der Waals surface area contributed by atoms with Crippen molar-refractivity contribution in [1.82, 2.24) is 5.32 Å². The Balaban J connectivity index is 1.78. The van der Waals surface area contributed by atoms with Crippen LogP contribution in [0.5, 0.6) is 0 Å². The van der Waals surface area contributed by atoms with Crippen LogP contribution in [0, 0.1) is 0 Å². The Bertz CT molecular complexity index is 560.